The van der Waals surface area contributed by atoms with Crippen molar-refractivity contribution >= 4 is 5.91 Å². The Morgan fingerprint density at radius 3 is 1.52 bits per heavy atom. The van der Waals surface area contributed by atoms with Gasteiger partial charge in [-0.1, -0.05) is 147 Å². The number of benzene rings is 1. The van der Waals surface area contributed by atoms with Gasteiger partial charge in [-0.05, 0) is 62.6 Å². The first-order valence-corrected chi connectivity index (χ1v) is 18.9. The van der Waals surface area contributed by atoms with Gasteiger partial charge in [0.25, 0.3) is 0 Å². The molecule has 256 valence electrons. The monoisotopic (exact) mass is 617 g/mol. The summed E-state index contributed by atoms with van der Waals surface area (Å²) in [4.78, 5) is 12.2. The molecule has 0 spiro atoms. The maximum absolute atomic E-state index is 12.2. The number of amides is 1. The fourth-order valence-electron chi connectivity index (χ4n) is 6.00. The molecular formula is C39H72N2O3. The molecule has 0 heterocycles. The molecule has 0 saturated carbocycles. The molecule has 1 aromatic carbocycles. The molecule has 1 aromatic rings. The van der Waals surface area contributed by atoms with Crippen LogP contribution in [0, 0.1) is 0 Å². The molecule has 0 aromatic heterocycles. The molecule has 0 fully saturated rings. The van der Waals surface area contributed by atoms with E-state index in [1.54, 1.807) is 0 Å². The Kier molecular flexibility index (Phi) is 26.8. The molecule has 0 aliphatic carbocycles. The number of hydrogen-bond donors (Lipinski definition) is 4. The van der Waals surface area contributed by atoms with Gasteiger partial charge in [0, 0.05) is 13.0 Å². The highest BCUT2D eigenvalue weighted by Crippen LogP contribution is 2.17. The lowest BCUT2D eigenvalue weighted by molar-refractivity contribution is -0.121. The number of carbonyl (C=O) groups is 1. The van der Waals surface area contributed by atoms with Crippen LogP contribution in [-0.4, -0.2) is 48.0 Å². The smallest absolute Gasteiger partial charge is 0.219 e. The number of hydrogen-bond acceptors (Lipinski definition) is 4. The third-order valence-corrected chi connectivity index (χ3v) is 9.27. The minimum atomic E-state index is -0.664. The molecule has 0 bridgehead atoms. The zero-order valence-electron chi connectivity index (χ0n) is 29.1. The quantitative estimate of drug-likeness (QED) is 0.0608. The molecule has 5 nitrogen and oxygen atoms in total. The van der Waals surface area contributed by atoms with Gasteiger partial charge in [0.1, 0.15) is 0 Å². The summed E-state index contributed by atoms with van der Waals surface area (Å²) in [6.45, 7) is 5.90. The Morgan fingerprint density at radius 1 is 0.568 bits per heavy atom. The van der Waals surface area contributed by atoms with Crippen LogP contribution in [0.3, 0.4) is 0 Å². The summed E-state index contributed by atoms with van der Waals surface area (Å²) in [6.07, 6.45) is 29.9. The lowest BCUT2D eigenvalue weighted by Gasteiger charge is -2.31. The van der Waals surface area contributed by atoms with Crippen molar-refractivity contribution in [2.24, 2.45) is 0 Å². The molecule has 4 N–H and O–H groups in total. The topological polar surface area (TPSA) is 81.6 Å². The minimum absolute atomic E-state index is 0.0822. The van der Waals surface area contributed by atoms with Crippen LogP contribution >= 0.6 is 0 Å². The number of rotatable bonds is 32. The van der Waals surface area contributed by atoms with Crippen LogP contribution in [0.1, 0.15) is 173 Å². The normalized spacial score (nSPS) is 11.7. The molecule has 1 amide bonds. The second kappa shape index (κ2) is 29.0. The summed E-state index contributed by atoms with van der Waals surface area (Å²) in [5.74, 6) is 0.166. The van der Waals surface area contributed by atoms with E-state index in [1.807, 2.05) is 0 Å². The van der Waals surface area contributed by atoms with Crippen LogP contribution in [0.2, 0.25) is 0 Å². The van der Waals surface area contributed by atoms with Gasteiger partial charge in [-0.2, -0.15) is 0 Å². The largest absolute Gasteiger partial charge is 0.394 e. The van der Waals surface area contributed by atoms with E-state index >= 15 is 0 Å². The predicted molar refractivity (Wildman–Crippen MR) is 189 cm³/mol. The van der Waals surface area contributed by atoms with E-state index in [4.69, 9.17) is 0 Å². The van der Waals surface area contributed by atoms with Crippen LogP contribution in [-0.2, 0) is 17.6 Å². The van der Waals surface area contributed by atoms with Crippen molar-refractivity contribution in [2.75, 3.05) is 26.3 Å². The average molecular weight is 617 g/mol. The van der Waals surface area contributed by atoms with Crippen LogP contribution in [0.4, 0.5) is 0 Å². The number of aliphatic hydroxyl groups excluding tert-OH is 2. The van der Waals surface area contributed by atoms with E-state index in [9.17, 15) is 15.0 Å². The number of nitrogens with one attached hydrogen (secondary N) is 2. The maximum atomic E-state index is 12.2. The molecule has 0 radical (unpaired) electrons. The highest BCUT2D eigenvalue weighted by molar-refractivity contribution is 5.75. The molecule has 0 aliphatic rings. The summed E-state index contributed by atoms with van der Waals surface area (Å²) in [5.41, 5.74) is 1.98. The summed E-state index contributed by atoms with van der Waals surface area (Å²) < 4.78 is 0. The Hall–Kier alpha value is -1.43. The molecule has 0 atom stereocenters. The molecule has 0 aliphatic heterocycles. The van der Waals surface area contributed by atoms with Gasteiger partial charge in [-0.15, -0.1) is 0 Å². The van der Waals surface area contributed by atoms with Gasteiger partial charge in [-0.25, -0.2) is 0 Å². The van der Waals surface area contributed by atoms with Crippen molar-refractivity contribution in [1.29, 1.82) is 0 Å². The summed E-state index contributed by atoms with van der Waals surface area (Å²) in [7, 11) is 0. The lowest BCUT2D eigenvalue weighted by atomic mass is 9.92. The summed E-state index contributed by atoms with van der Waals surface area (Å²) in [6, 6.07) is 8.89. The van der Waals surface area contributed by atoms with Crippen molar-refractivity contribution in [3.05, 3.63) is 35.4 Å². The van der Waals surface area contributed by atoms with Gasteiger partial charge in [-0.3, -0.25) is 4.79 Å². The first-order chi connectivity index (χ1) is 21.6. The van der Waals surface area contributed by atoms with Gasteiger partial charge < -0.3 is 20.8 Å². The molecular weight excluding hydrogens is 544 g/mol. The van der Waals surface area contributed by atoms with E-state index in [2.05, 4.69) is 48.7 Å². The fourth-order valence-corrected chi connectivity index (χ4v) is 6.00. The summed E-state index contributed by atoms with van der Waals surface area (Å²) >= 11 is 0. The van der Waals surface area contributed by atoms with Gasteiger partial charge in [0.2, 0.25) is 5.91 Å². The Morgan fingerprint density at radius 2 is 1.00 bits per heavy atom. The van der Waals surface area contributed by atoms with E-state index in [0.717, 1.165) is 51.6 Å². The number of carbonyl (C=O) groups excluding carboxylic acids is 1. The van der Waals surface area contributed by atoms with E-state index in [-0.39, 0.29) is 19.1 Å². The summed E-state index contributed by atoms with van der Waals surface area (Å²) in [5, 5.41) is 26.7. The van der Waals surface area contributed by atoms with Gasteiger partial charge in [0.05, 0.1) is 18.8 Å². The average Bonchev–Trinajstić information content (AvgIpc) is 3.05. The van der Waals surface area contributed by atoms with Crippen molar-refractivity contribution < 1.29 is 15.0 Å². The molecule has 0 unspecified atom stereocenters. The number of unbranched alkanes of at least 4 members (excludes halogenated alkanes) is 18. The third kappa shape index (κ3) is 22.1. The van der Waals surface area contributed by atoms with E-state index in [0.29, 0.717) is 12.8 Å². The second-order valence-electron chi connectivity index (χ2n) is 13.4. The first kappa shape index (κ1) is 40.6. The highest BCUT2D eigenvalue weighted by atomic mass is 16.3. The zero-order valence-corrected chi connectivity index (χ0v) is 29.1. The Balaban J connectivity index is 2.07. The SMILES string of the molecule is CCCCCCCCCCCCCCNC(=O)CCCCCNC(CO)(CO)CCc1ccc(CCCCCCCC)cc1. The van der Waals surface area contributed by atoms with Crippen LogP contribution in [0.15, 0.2) is 24.3 Å². The third-order valence-electron chi connectivity index (χ3n) is 9.27. The lowest BCUT2D eigenvalue weighted by Crippen LogP contribution is -2.52. The molecule has 44 heavy (non-hydrogen) atoms. The standard InChI is InChI=1S/C39H72N2O3/c1-3-5-7-9-11-12-13-14-15-16-18-22-32-40-38(44)25-21-19-23-33-41-39(34-42,35-43)31-30-37-28-26-36(27-29-37)24-20-17-10-8-6-4-2/h26-29,41-43H,3-25,30-35H2,1-2H3,(H,40,44). The zero-order chi connectivity index (χ0) is 32.0. The van der Waals surface area contributed by atoms with Crippen LogP contribution in [0.25, 0.3) is 0 Å². The molecule has 0 saturated heterocycles. The van der Waals surface area contributed by atoms with Crippen LogP contribution in [0.5, 0.6) is 0 Å². The fraction of sp³-hybridized carbons (Fsp3) is 0.821. The van der Waals surface area contributed by atoms with Crippen LogP contribution < -0.4 is 10.6 Å². The van der Waals surface area contributed by atoms with Crippen molar-refractivity contribution in [3.8, 4) is 0 Å². The highest BCUT2D eigenvalue weighted by Gasteiger charge is 2.27. The second-order valence-corrected chi connectivity index (χ2v) is 13.4. The maximum Gasteiger partial charge on any atom is 0.219 e. The van der Waals surface area contributed by atoms with Crippen molar-refractivity contribution in [1.82, 2.24) is 10.6 Å². The molecule has 1 rings (SSSR count). The van der Waals surface area contributed by atoms with Crippen molar-refractivity contribution in [2.45, 2.75) is 180 Å². The van der Waals surface area contributed by atoms with Gasteiger partial charge >= 0.3 is 0 Å². The molecule has 5 heteroatoms. The predicted octanol–water partition coefficient (Wildman–Crippen LogP) is 9.21. The number of aliphatic hydroxyl groups is 2. The van der Waals surface area contributed by atoms with Gasteiger partial charge in [0.15, 0.2) is 0 Å². The van der Waals surface area contributed by atoms with E-state index in [1.165, 1.54) is 120 Å². The Labute approximate surface area is 272 Å². The van der Waals surface area contributed by atoms with Crippen molar-refractivity contribution in [3.63, 3.8) is 0 Å². The number of aryl methyl sites for hydroxylation is 2. The minimum Gasteiger partial charge on any atom is -0.394 e. The first-order valence-electron chi connectivity index (χ1n) is 18.9. The van der Waals surface area contributed by atoms with E-state index < -0.39 is 5.54 Å². The Bertz CT molecular complexity index is 763.